The third kappa shape index (κ3) is 2.64. The first-order valence-electron chi connectivity index (χ1n) is 7.04. The number of carbonyl (C=O) groups excluding carboxylic acids is 1. The Morgan fingerprint density at radius 1 is 1.32 bits per heavy atom. The number of piperidine rings is 1. The minimum atomic E-state index is -0.548. The molecule has 22 heavy (non-hydrogen) atoms. The van der Waals surface area contributed by atoms with Gasteiger partial charge < -0.3 is 10.5 Å². The van der Waals surface area contributed by atoms with E-state index in [0.717, 1.165) is 25.9 Å². The van der Waals surface area contributed by atoms with Gasteiger partial charge in [0, 0.05) is 6.54 Å². The molecule has 3 rings (SSSR count). The van der Waals surface area contributed by atoms with Crippen molar-refractivity contribution >= 4 is 11.8 Å². The van der Waals surface area contributed by atoms with Crippen molar-refractivity contribution < 1.29 is 14.2 Å². The van der Waals surface area contributed by atoms with Crippen LogP contribution in [0.25, 0.3) is 5.82 Å². The highest BCUT2D eigenvalue weighted by atomic mass is 16.6. The molecule has 0 atom stereocenters. The van der Waals surface area contributed by atoms with Crippen molar-refractivity contribution in [2.75, 3.05) is 25.9 Å². The van der Waals surface area contributed by atoms with E-state index in [1.807, 2.05) is 0 Å². The second kappa shape index (κ2) is 6.10. The van der Waals surface area contributed by atoms with Gasteiger partial charge in [0.2, 0.25) is 11.6 Å². The summed E-state index contributed by atoms with van der Waals surface area (Å²) >= 11 is 0. The second-order valence-electron chi connectivity index (χ2n) is 5.10. The number of likely N-dealkylation sites (tertiary alicyclic amines) is 1. The summed E-state index contributed by atoms with van der Waals surface area (Å²) in [4.78, 5) is 14.1. The molecule has 118 valence electrons. The van der Waals surface area contributed by atoms with Crippen LogP contribution in [0.4, 0.5) is 5.82 Å². The van der Waals surface area contributed by atoms with Crippen LogP contribution in [-0.2, 0) is 11.3 Å². The zero-order valence-corrected chi connectivity index (χ0v) is 12.2. The van der Waals surface area contributed by atoms with E-state index in [-0.39, 0.29) is 17.3 Å². The molecule has 2 N–H and O–H groups in total. The van der Waals surface area contributed by atoms with E-state index in [9.17, 15) is 4.79 Å². The summed E-state index contributed by atoms with van der Waals surface area (Å²) in [6, 6.07) is 0. The average molecular weight is 307 g/mol. The van der Waals surface area contributed by atoms with Crippen LogP contribution in [0.5, 0.6) is 0 Å². The van der Waals surface area contributed by atoms with Gasteiger partial charge in [0.05, 0.1) is 12.8 Å². The second-order valence-corrected chi connectivity index (χ2v) is 5.10. The van der Waals surface area contributed by atoms with E-state index in [1.165, 1.54) is 18.2 Å². The van der Waals surface area contributed by atoms with Crippen molar-refractivity contribution in [2.45, 2.75) is 25.8 Å². The quantitative estimate of drug-likeness (QED) is 0.777. The molecule has 0 bridgehead atoms. The Kier molecular flexibility index (Phi) is 4.00. The molecular formula is C12H17N7O3. The molecule has 3 heterocycles. The number of carbonyl (C=O) groups is 1. The van der Waals surface area contributed by atoms with Crippen LogP contribution in [0.3, 0.4) is 0 Å². The van der Waals surface area contributed by atoms with Gasteiger partial charge in [0.15, 0.2) is 5.69 Å². The van der Waals surface area contributed by atoms with Gasteiger partial charge in [-0.1, -0.05) is 11.6 Å². The Morgan fingerprint density at radius 2 is 2.09 bits per heavy atom. The summed E-state index contributed by atoms with van der Waals surface area (Å²) in [6.45, 7) is 2.42. The Hall–Kier alpha value is -2.49. The van der Waals surface area contributed by atoms with Gasteiger partial charge in [-0.25, -0.2) is 9.42 Å². The van der Waals surface area contributed by atoms with E-state index in [4.69, 9.17) is 10.5 Å². The summed E-state index contributed by atoms with van der Waals surface area (Å²) in [6.07, 6.45) is 3.48. The number of hydrogen-bond acceptors (Lipinski definition) is 9. The Bertz CT molecular complexity index is 659. The molecule has 10 nitrogen and oxygen atoms in total. The minimum absolute atomic E-state index is 0.0845. The summed E-state index contributed by atoms with van der Waals surface area (Å²) < 4.78 is 10.7. The smallest absolute Gasteiger partial charge is 0.360 e. The van der Waals surface area contributed by atoms with Crippen molar-refractivity contribution in [1.82, 2.24) is 30.2 Å². The van der Waals surface area contributed by atoms with E-state index < -0.39 is 5.97 Å². The van der Waals surface area contributed by atoms with Crippen LogP contribution in [-0.4, -0.2) is 56.4 Å². The first-order valence-corrected chi connectivity index (χ1v) is 7.04. The number of nitrogen functional groups attached to an aromatic ring is 1. The van der Waals surface area contributed by atoms with Gasteiger partial charge in [0.25, 0.3) is 0 Å². The topological polar surface area (TPSA) is 125 Å². The zero-order chi connectivity index (χ0) is 15.5. The summed E-state index contributed by atoms with van der Waals surface area (Å²) in [7, 11) is 1.30. The zero-order valence-electron chi connectivity index (χ0n) is 12.2. The first kappa shape index (κ1) is 14.4. The fourth-order valence-corrected chi connectivity index (χ4v) is 2.54. The first-order chi connectivity index (χ1) is 10.7. The van der Waals surface area contributed by atoms with Crippen LogP contribution >= 0.6 is 0 Å². The maximum Gasteiger partial charge on any atom is 0.360 e. The largest absolute Gasteiger partial charge is 0.464 e. The summed E-state index contributed by atoms with van der Waals surface area (Å²) in [5, 5.41) is 15.1. The standard InChI is InChI=1S/C12H17N7O3/c1-21-12(20)9-8(7-18-5-3-2-4-6-18)19(17-14-9)11-10(13)15-22-16-11/h2-7H2,1H3,(H2,13,15). The van der Waals surface area contributed by atoms with Gasteiger partial charge in [0.1, 0.15) is 0 Å². The number of nitrogens with zero attached hydrogens (tertiary/aromatic N) is 6. The lowest BCUT2D eigenvalue weighted by Gasteiger charge is -2.26. The van der Waals surface area contributed by atoms with Crippen LogP contribution in [0.2, 0.25) is 0 Å². The highest BCUT2D eigenvalue weighted by molar-refractivity contribution is 5.88. The number of esters is 1. The maximum absolute atomic E-state index is 11.9. The number of ether oxygens (including phenoxy) is 1. The molecule has 0 radical (unpaired) electrons. The van der Waals surface area contributed by atoms with Crippen molar-refractivity contribution in [3.8, 4) is 5.82 Å². The molecule has 0 aliphatic carbocycles. The van der Waals surface area contributed by atoms with E-state index in [1.54, 1.807) is 0 Å². The SMILES string of the molecule is COC(=O)c1nnn(-c2nonc2N)c1CN1CCCCC1. The monoisotopic (exact) mass is 307 g/mol. The molecule has 0 saturated carbocycles. The van der Waals surface area contributed by atoms with Gasteiger partial charge in [-0.2, -0.15) is 4.68 Å². The molecule has 10 heteroatoms. The van der Waals surface area contributed by atoms with Crippen molar-refractivity contribution in [3.05, 3.63) is 11.4 Å². The number of nitrogens with two attached hydrogens (primary N) is 1. The Morgan fingerprint density at radius 3 is 2.73 bits per heavy atom. The highest BCUT2D eigenvalue weighted by Gasteiger charge is 2.26. The molecule has 0 unspecified atom stereocenters. The molecule has 0 spiro atoms. The lowest BCUT2D eigenvalue weighted by Crippen LogP contribution is -2.31. The van der Waals surface area contributed by atoms with Gasteiger partial charge >= 0.3 is 5.97 Å². The Labute approximate surface area is 126 Å². The summed E-state index contributed by atoms with van der Waals surface area (Å²) in [5.74, 6) is -0.246. The molecule has 1 saturated heterocycles. The third-order valence-electron chi connectivity index (χ3n) is 3.66. The molecule has 2 aromatic rings. The molecule has 0 aromatic carbocycles. The van der Waals surface area contributed by atoms with Crippen molar-refractivity contribution in [3.63, 3.8) is 0 Å². The molecular weight excluding hydrogens is 290 g/mol. The lowest BCUT2D eigenvalue weighted by atomic mass is 10.1. The fraction of sp³-hybridized carbons (Fsp3) is 0.583. The molecule has 0 amide bonds. The van der Waals surface area contributed by atoms with Gasteiger partial charge in [-0.05, 0) is 36.2 Å². The number of rotatable bonds is 4. The molecule has 1 aliphatic rings. The van der Waals surface area contributed by atoms with Crippen LogP contribution in [0, 0.1) is 0 Å². The normalized spacial score (nSPS) is 15.9. The van der Waals surface area contributed by atoms with Gasteiger partial charge in [-0.3, -0.25) is 4.90 Å². The highest BCUT2D eigenvalue weighted by Crippen LogP contribution is 2.20. The minimum Gasteiger partial charge on any atom is -0.464 e. The number of hydrogen-bond donors (Lipinski definition) is 1. The summed E-state index contributed by atoms with van der Waals surface area (Å²) in [5.41, 5.74) is 6.42. The number of anilines is 1. The van der Waals surface area contributed by atoms with E-state index in [0.29, 0.717) is 12.2 Å². The van der Waals surface area contributed by atoms with Crippen molar-refractivity contribution in [1.29, 1.82) is 0 Å². The van der Waals surface area contributed by atoms with Crippen LogP contribution in [0.1, 0.15) is 35.4 Å². The van der Waals surface area contributed by atoms with E-state index >= 15 is 0 Å². The lowest BCUT2D eigenvalue weighted by molar-refractivity contribution is 0.0591. The average Bonchev–Trinajstić information content (AvgIpc) is 3.13. The van der Waals surface area contributed by atoms with Crippen LogP contribution in [0.15, 0.2) is 4.63 Å². The molecule has 2 aromatic heterocycles. The number of aromatic nitrogens is 5. The van der Waals surface area contributed by atoms with Crippen LogP contribution < -0.4 is 5.73 Å². The number of methoxy groups -OCH3 is 1. The predicted molar refractivity (Wildman–Crippen MR) is 74.1 cm³/mol. The van der Waals surface area contributed by atoms with E-state index in [2.05, 4.69) is 30.2 Å². The fourth-order valence-electron chi connectivity index (χ4n) is 2.54. The third-order valence-corrected chi connectivity index (χ3v) is 3.66. The maximum atomic E-state index is 11.9. The van der Waals surface area contributed by atoms with Crippen molar-refractivity contribution in [2.24, 2.45) is 0 Å². The molecule has 1 fully saturated rings. The Balaban J connectivity index is 1.97. The van der Waals surface area contributed by atoms with Gasteiger partial charge in [-0.15, -0.1) is 5.10 Å². The predicted octanol–water partition coefficient (Wildman–Crippen LogP) is 0.00500. The molecule has 1 aliphatic heterocycles.